The maximum Gasteiger partial charge on any atom is 0.332 e. The van der Waals surface area contributed by atoms with Crippen molar-refractivity contribution in [3.63, 3.8) is 0 Å². The molecule has 2 aromatic carbocycles. The highest BCUT2D eigenvalue weighted by molar-refractivity contribution is 7.52. The molecule has 0 spiro atoms. The van der Waals surface area contributed by atoms with Crippen molar-refractivity contribution in [3.8, 4) is 0 Å². The zero-order chi connectivity index (χ0) is 22.3. The second-order valence-electron chi connectivity index (χ2n) is 7.68. The molecule has 0 aliphatic carbocycles. The number of anilines is 3. The van der Waals surface area contributed by atoms with Crippen molar-refractivity contribution < 1.29 is 18.8 Å². The first-order valence-corrected chi connectivity index (χ1v) is 12.3. The molecule has 31 heavy (non-hydrogen) atoms. The van der Waals surface area contributed by atoms with E-state index >= 15 is 0 Å². The van der Waals surface area contributed by atoms with Crippen molar-refractivity contribution in [2.75, 3.05) is 41.7 Å². The average molecular weight is 446 g/mol. The van der Waals surface area contributed by atoms with Crippen molar-refractivity contribution in [2.45, 2.75) is 32.5 Å². The summed E-state index contributed by atoms with van der Waals surface area (Å²) in [6.45, 7) is 7.56. The smallest absolute Gasteiger partial charge is 0.332 e. The van der Waals surface area contributed by atoms with Gasteiger partial charge in [-0.15, -0.1) is 0 Å². The highest BCUT2D eigenvalue weighted by atomic mass is 31.2. The van der Waals surface area contributed by atoms with Crippen LogP contribution >= 0.6 is 7.60 Å². The lowest BCUT2D eigenvalue weighted by atomic mass is 10.2. The third-order valence-corrected chi connectivity index (χ3v) is 6.58. The molecule has 2 amide bonds. The van der Waals surface area contributed by atoms with Crippen molar-refractivity contribution in [3.05, 3.63) is 54.1 Å². The van der Waals surface area contributed by atoms with E-state index in [2.05, 4.69) is 20.9 Å². The number of nitrogens with one attached hydrogen (secondary N) is 3. The zero-order valence-electron chi connectivity index (χ0n) is 18.0. The standard InChI is InChI=1S/C22H31N4O4P/c1-3-17(2)30-31(28,29)16-18-4-6-19(7-5-18)24-22(27)25-20-8-10-21(11-9-20)26-14-12-23-13-15-26/h4-11,17,23H,3,12-16H2,1-2H3,(H,28,29)(H2,24,25,27). The van der Waals surface area contributed by atoms with E-state index in [0.717, 1.165) is 31.9 Å². The van der Waals surface area contributed by atoms with E-state index in [-0.39, 0.29) is 18.3 Å². The van der Waals surface area contributed by atoms with E-state index in [9.17, 15) is 14.3 Å². The summed E-state index contributed by atoms with van der Waals surface area (Å²) in [5.74, 6) is 0. The number of piperazine rings is 1. The minimum atomic E-state index is -3.70. The molecule has 2 aromatic rings. The van der Waals surface area contributed by atoms with Gasteiger partial charge >= 0.3 is 13.6 Å². The molecule has 0 bridgehead atoms. The Morgan fingerprint density at radius 2 is 1.65 bits per heavy atom. The number of nitrogens with zero attached hydrogens (tertiary/aromatic N) is 1. The molecule has 1 aliphatic rings. The summed E-state index contributed by atoms with van der Waals surface area (Å²) >= 11 is 0. The maximum absolute atomic E-state index is 12.3. The van der Waals surface area contributed by atoms with Crippen LogP contribution in [0.1, 0.15) is 25.8 Å². The molecule has 0 aromatic heterocycles. The Labute approximate surface area is 183 Å². The lowest BCUT2D eigenvalue weighted by molar-refractivity contribution is 0.185. The Hall–Kier alpha value is -2.38. The maximum atomic E-state index is 12.3. The van der Waals surface area contributed by atoms with Gasteiger partial charge in [-0.2, -0.15) is 0 Å². The van der Waals surface area contributed by atoms with Gasteiger partial charge in [0.1, 0.15) is 0 Å². The van der Waals surface area contributed by atoms with Gasteiger partial charge in [0.05, 0.1) is 12.3 Å². The van der Waals surface area contributed by atoms with Crippen molar-refractivity contribution in [1.82, 2.24) is 5.32 Å². The Bertz CT molecular complexity index is 899. The molecular weight excluding hydrogens is 415 g/mol. The van der Waals surface area contributed by atoms with Gasteiger partial charge in [0, 0.05) is 43.2 Å². The molecule has 2 unspecified atom stereocenters. The summed E-state index contributed by atoms with van der Waals surface area (Å²) in [4.78, 5) is 24.6. The number of carbonyl (C=O) groups excluding carboxylic acids is 1. The van der Waals surface area contributed by atoms with Crippen LogP contribution in [0.4, 0.5) is 21.9 Å². The van der Waals surface area contributed by atoms with Gasteiger partial charge in [-0.1, -0.05) is 19.1 Å². The SMILES string of the molecule is CCC(C)OP(=O)(O)Cc1ccc(NC(=O)Nc2ccc(N3CCNCC3)cc2)cc1. The molecule has 0 saturated carbocycles. The van der Waals surface area contributed by atoms with Crippen LogP contribution < -0.4 is 20.9 Å². The molecule has 2 atom stereocenters. The highest BCUT2D eigenvalue weighted by Gasteiger charge is 2.22. The van der Waals surface area contributed by atoms with Crippen LogP contribution in [0.15, 0.2) is 48.5 Å². The van der Waals surface area contributed by atoms with Crippen molar-refractivity contribution in [1.29, 1.82) is 0 Å². The van der Waals surface area contributed by atoms with E-state index in [4.69, 9.17) is 4.52 Å². The van der Waals surface area contributed by atoms with Crippen LogP contribution in [0.5, 0.6) is 0 Å². The number of amides is 2. The summed E-state index contributed by atoms with van der Waals surface area (Å²) < 4.78 is 17.4. The fourth-order valence-corrected chi connectivity index (χ4v) is 4.75. The summed E-state index contributed by atoms with van der Waals surface area (Å²) in [7, 11) is -3.70. The average Bonchev–Trinajstić information content (AvgIpc) is 2.75. The first-order valence-electron chi connectivity index (χ1n) is 10.6. The molecule has 168 valence electrons. The van der Waals surface area contributed by atoms with E-state index in [0.29, 0.717) is 23.4 Å². The van der Waals surface area contributed by atoms with Gasteiger partial charge in [-0.3, -0.25) is 4.57 Å². The van der Waals surface area contributed by atoms with E-state index in [1.807, 2.05) is 31.2 Å². The largest absolute Gasteiger partial charge is 0.369 e. The van der Waals surface area contributed by atoms with Crippen molar-refractivity contribution in [2.24, 2.45) is 0 Å². The number of carbonyl (C=O) groups is 1. The van der Waals surface area contributed by atoms with Gasteiger partial charge in [0.15, 0.2) is 0 Å². The molecule has 3 rings (SSSR count). The summed E-state index contributed by atoms with van der Waals surface area (Å²) in [5.41, 5.74) is 3.11. The van der Waals surface area contributed by atoms with E-state index < -0.39 is 7.60 Å². The number of hydrogen-bond donors (Lipinski definition) is 4. The van der Waals surface area contributed by atoms with Crippen LogP contribution in [0.2, 0.25) is 0 Å². The van der Waals surface area contributed by atoms with Gasteiger partial charge < -0.3 is 30.3 Å². The quantitative estimate of drug-likeness (QED) is 0.453. The third kappa shape index (κ3) is 7.36. The number of hydrogen-bond acceptors (Lipinski definition) is 5. The predicted molar refractivity (Wildman–Crippen MR) is 125 cm³/mol. The minimum Gasteiger partial charge on any atom is -0.369 e. The molecular formula is C22H31N4O4P. The fraction of sp³-hybridized carbons (Fsp3) is 0.409. The van der Waals surface area contributed by atoms with Gasteiger partial charge in [-0.05, 0) is 55.3 Å². The Morgan fingerprint density at radius 3 is 2.19 bits per heavy atom. The summed E-state index contributed by atoms with van der Waals surface area (Å²) in [5, 5.41) is 8.91. The topological polar surface area (TPSA) is 103 Å². The molecule has 1 aliphatic heterocycles. The number of benzene rings is 2. The van der Waals surface area contributed by atoms with E-state index in [1.165, 1.54) is 0 Å². The lowest BCUT2D eigenvalue weighted by Gasteiger charge is -2.29. The molecule has 1 fully saturated rings. The Balaban J connectivity index is 1.50. The zero-order valence-corrected chi connectivity index (χ0v) is 18.9. The fourth-order valence-electron chi connectivity index (χ4n) is 3.29. The second kappa shape index (κ2) is 10.8. The van der Waals surface area contributed by atoms with E-state index in [1.54, 1.807) is 31.2 Å². The van der Waals surface area contributed by atoms with Crippen LogP contribution in [-0.4, -0.2) is 43.2 Å². The molecule has 1 saturated heterocycles. The van der Waals surface area contributed by atoms with Crippen LogP contribution in [0.3, 0.4) is 0 Å². The Kier molecular flexibility index (Phi) is 8.09. The molecule has 4 N–H and O–H groups in total. The molecule has 9 heteroatoms. The second-order valence-corrected chi connectivity index (χ2v) is 9.48. The molecule has 1 heterocycles. The lowest BCUT2D eigenvalue weighted by Crippen LogP contribution is -2.43. The highest BCUT2D eigenvalue weighted by Crippen LogP contribution is 2.47. The van der Waals surface area contributed by atoms with Gasteiger partial charge in [0.2, 0.25) is 0 Å². The van der Waals surface area contributed by atoms with Crippen LogP contribution in [-0.2, 0) is 15.3 Å². The van der Waals surface area contributed by atoms with Crippen LogP contribution in [0, 0.1) is 0 Å². The molecule has 8 nitrogen and oxygen atoms in total. The first-order chi connectivity index (χ1) is 14.8. The van der Waals surface area contributed by atoms with Crippen molar-refractivity contribution >= 4 is 30.7 Å². The third-order valence-electron chi connectivity index (χ3n) is 5.12. The van der Waals surface area contributed by atoms with Gasteiger partial charge in [-0.25, -0.2) is 4.79 Å². The predicted octanol–water partition coefficient (Wildman–Crippen LogP) is 4.24. The normalized spacial score (nSPS) is 16.9. The molecule has 0 radical (unpaired) electrons. The number of rotatable bonds is 8. The summed E-state index contributed by atoms with van der Waals surface area (Å²) in [6, 6.07) is 14.2. The number of urea groups is 1. The monoisotopic (exact) mass is 446 g/mol. The van der Waals surface area contributed by atoms with Crippen LogP contribution in [0.25, 0.3) is 0 Å². The summed E-state index contributed by atoms with van der Waals surface area (Å²) in [6.07, 6.45) is 0.330. The van der Waals surface area contributed by atoms with Gasteiger partial charge in [0.25, 0.3) is 0 Å². The minimum absolute atomic E-state index is 0.0662. The Morgan fingerprint density at radius 1 is 1.10 bits per heavy atom. The first kappa shape index (κ1) is 23.3.